The van der Waals surface area contributed by atoms with Gasteiger partial charge in [-0.15, -0.1) is 0 Å². The minimum absolute atomic E-state index is 0.00607. The number of ether oxygens (including phenoxy) is 1. The minimum Gasteiger partial charge on any atom is -0.497 e. The maximum absolute atomic E-state index is 13.3. The predicted octanol–water partition coefficient (Wildman–Crippen LogP) is 4.00. The normalized spacial score (nSPS) is 11.0. The van der Waals surface area contributed by atoms with Gasteiger partial charge < -0.3 is 10.1 Å². The highest BCUT2D eigenvalue weighted by Gasteiger charge is 2.27. The van der Waals surface area contributed by atoms with E-state index in [1.54, 1.807) is 36.4 Å². The molecule has 30 heavy (non-hydrogen) atoms. The van der Waals surface area contributed by atoms with Crippen molar-refractivity contribution in [2.75, 3.05) is 23.3 Å². The van der Waals surface area contributed by atoms with Gasteiger partial charge in [0.2, 0.25) is 5.91 Å². The van der Waals surface area contributed by atoms with Gasteiger partial charge in [-0.3, -0.25) is 14.1 Å². The molecule has 0 radical (unpaired) electrons. The molecule has 0 saturated heterocycles. The van der Waals surface area contributed by atoms with Crippen molar-refractivity contribution in [2.45, 2.75) is 11.8 Å². The predicted molar refractivity (Wildman–Crippen MR) is 119 cm³/mol. The number of carbonyl (C=O) groups is 1. The Kier molecular flexibility index (Phi) is 6.73. The Morgan fingerprint density at radius 3 is 2.50 bits per heavy atom. The van der Waals surface area contributed by atoms with Crippen LogP contribution in [0.2, 0.25) is 0 Å². The van der Waals surface area contributed by atoms with E-state index in [9.17, 15) is 13.2 Å². The summed E-state index contributed by atoms with van der Waals surface area (Å²) in [4.78, 5) is 16.6. The number of anilines is 2. The molecule has 9 heteroatoms. The highest BCUT2D eigenvalue weighted by molar-refractivity contribution is 9.10. The lowest BCUT2D eigenvalue weighted by Gasteiger charge is -2.24. The largest absolute Gasteiger partial charge is 0.497 e. The first-order chi connectivity index (χ1) is 14.3. The number of benzene rings is 2. The van der Waals surface area contributed by atoms with Crippen molar-refractivity contribution in [3.8, 4) is 5.75 Å². The quantitative estimate of drug-likeness (QED) is 0.541. The van der Waals surface area contributed by atoms with Gasteiger partial charge in [0.25, 0.3) is 10.0 Å². The number of aryl methyl sites for hydroxylation is 1. The zero-order chi connectivity index (χ0) is 21.7. The molecule has 3 aromatic rings. The molecule has 0 saturated carbocycles. The van der Waals surface area contributed by atoms with Gasteiger partial charge in [-0.05, 0) is 67.1 Å². The lowest BCUT2D eigenvalue weighted by Crippen LogP contribution is -2.38. The number of methoxy groups -OCH3 is 1. The molecule has 0 aliphatic heterocycles. The van der Waals surface area contributed by atoms with Crippen molar-refractivity contribution in [1.82, 2.24) is 4.98 Å². The summed E-state index contributed by atoms with van der Waals surface area (Å²) >= 11 is 3.38. The summed E-state index contributed by atoms with van der Waals surface area (Å²) in [5, 5.41) is 2.78. The van der Waals surface area contributed by atoms with Gasteiger partial charge in [0.05, 0.1) is 12.8 Å². The Morgan fingerprint density at radius 2 is 1.90 bits per heavy atom. The molecular formula is C21H20BrN3O4S. The number of halogens is 1. The monoisotopic (exact) mass is 489 g/mol. The lowest BCUT2D eigenvalue weighted by atomic mass is 10.2. The van der Waals surface area contributed by atoms with Crippen LogP contribution >= 0.6 is 15.9 Å². The third kappa shape index (κ3) is 4.98. The van der Waals surface area contributed by atoms with Crippen LogP contribution in [0.25, 0.3) is 0 Å². The molecule has 1 heterocycles. The van der Waals surface area contributed by atoms with Crippen molar-refractivity contribution < 1.29 is 17.9 Å². The first kappa shape index (κ1) is 21.8. The second-order valence-corrected chi connectivity index (χ2v) is 9.18. The lowest BCUT2D eigenvalue weighted by molar-refractivity contribution is -0.114. The molecule has 1 N–H and O–H groups in total. The van der Waals surface area contributed by atoms with Crippen molar-refractivity contribution in [1.29, 1.82) is 0 Å². The summed E-state index contributed by atoms with van der Waals surface area (Å²) in [5.41, 5.74) is 1.79. The number of pyridine rings is 1. The number of sulfonamides is 1. The fraction of sp³-hybridized carbons (Fsp3) is 0.143. The highest BCUT2D eigenvalue weighted by atomic mass is 79.9. The van der Waals surface area contributed by atoms with Crippen molar-refractivity contribution in [2.24, 2.45) is 0 Å². The topological polar surface area (TPSA) is 88.6 Å². The maximum Gasteiger partial charge on any atom is 0.266 e. The van der Waals surface area contributed by atoms with Crippen LogP contribution in [0.15, 0.2) is 76.4 Å². The second-order valence-electron chi connectivity index (χ2n) is 6.41. The SMILES string of the molecule is COc1ccc(N(CC(=O)Nc2ccc(Br)cc2C)S(=O)(=O)c2cccnc2)cc1. The summed E-state index contributed by atoms with van der Waals surface area (Å²) in [6.45, 7) is 1.45. The third-order valence-corrected chi connectivity index (χ3v) is 6.58. The molecule has 156 valence electrons. The number of nitrogens with one attached hydrogen (secondary N) is 1. The van der Waals surface area contributed by atoms with Gasteiger partial charge in [0, 0.05) is 22.6 Å². The van der Waals surface area contributed by atoms with Gasteiger partial charge in [0.1, 0.15) is 17.2 Å². The van der Waals surface area contributed by atoms with Crippen LogP contribution < -0.4 is 14.4 Å². The third-order valence-electron chi connectivity index (χ3n) is 4.33. The number of amides is 1. The van der Waals surface area contributed by atoms with Gasteiger partial charge in [0.15, 0.2) is 0 Å². The van der Waals surface area contributed by atoms with Crippen LogP contribution in [0.5, 0.6) is 5.75 Å². The summed E-state index contributed by atoms with van der Waals surface area (Å²) in [5.74, 6) is 0.108. The fourth-order valence-corrected chi connectivity index (χ4v) is 4.64. The van der Waals surface area contributed by atoms with Crippen LogP contribution in [-0.2, 0) is 14.8 Å². The zero-order valence-corrected chi connectivity index (χ0v) is 18.8. The van der Waals surface area contributed by atoms with Crippen LogP contribution in [0, 0.1) is 6.92 Å². The number of hydrogen-bond acceptors (Lipinski definition) is 5. The van der Waals surface area contributed by atoms with Gasteiger partial charge in [-0.2, -0.15) is 0 Å². The Balaban J connectivity index is 1.93. The number of rotatable bonds is 7. The van der Waals surface area contributed by atoms with E-state index in [2.05, 4.69) is 26.2 Å². The molecule has 1 amide bonds. The zero-order valence-electron chi connectivity index (χ0n) is 16.4. The second kappa shape index (κ2) is 9.27. The van der Waals surface area contributed by atoms with E-state index < -0.39 is 22.5 Å². The number of carbonyl (C=O) groups excluding carboxylic acids is 1. The van der Waals surface area contributed by atoms with Crippen molar-refractivity contribution >= 4 is 43.2 Å². The van der Waals surface area contributed by atoms with Crippen LogP contribution in [0.1, 0.15) is 5.56 Å². The van der Waals surface area contributed by atoms with E-state index in [0.29, 0.717) is 17.1 Å². The highest BCUT2D eigenvalue weighted by Crippen LogP contribution is 2.26. The summed E-state index contributed by atoms with van der Waals surface area (Å²) in [6, 6.07) is 14.8. The fourth-order valence-electron chi connectivity index (χ4n) is 2.78. The van der Waals surface area contributed by atoms with E-state index >= 15 is 0 Å². The van der Waals surface area contributed by atoms with Gasteiger partial charge in [-0.25, -0.2) is 8.42 Å². The molecule has 0 unspecified atom stereocenters. The standard InChI is InChI=1S/C21H20BrN3O4S/c1-15-12-16(22)5-10-20(15)24-21(26)14-25(17-6-8-18(29-2)9-7-17)30(27,28)19-4-3-11-23-13-19/h3-13H,14H2,1-2H3,(H,24,26). The first-order valence-electron chi connectivity index (χ1n) is 8.94. The van der Waals surface area contributed by atoms with E-state index in [4.69, 9.17) is 4.74 Å². The number of hydrogen-bond donors (Lipinski definition) is 1. The maximum atomic E-state index is 13.3. The molecular weight excluding hydrogens is 470 g/mol. The van der Waals surface area contributed by atoms with Gasteiger partial charge >= 0.3 is 0 Å². The molecule has 7 nitrogen and oxygen atoms in total. The van der Waals surface area contributed by atoms with Crippen molar-refractivity contribution in [3.63, 3.8) is 0 Å². The summed E-state index contributed by atoms with van der Waals surface area (Å²) in [6.07, 6.45) is 2.74. The Morgan fingerprint density at radius 1 is 1.17 bits per heavy atom. The van der Waals surface area contributed by atoms with E-state index in [-0.39, 0.29) is 4.90 Å². The number of nitrogens with zero attached hydrogens (tertiary/aromatic N) is 2. The summed E-state index contributed by atoms with van der Waals surface area (Å²) < 4.78 is 33.6. The van der Waals surface area contributed by atoms with Crippen molar-refractivity contribution in [3.05, 3.63) is 77.0 Å². The molecule has 0 fully saturated rings. The molecule has 0 aliphatic carbocycles. The molecule has 2 aromatic carbocycles. The minimum atomic E-state index is -4.02. The number of aromatic nitrogens is 1. The Bertz CT molecular complexity index is 1140. The molecule has 3 rings (SSSR count). The smallest absolute Gasteiger partial charge is 0.266 e. The molecule has 0 bridgehead atoms. The average molecular weight is 490 g/mol. The Hall–Kier alpha value is -2.91. The molecule has 0 atom stereocenters. The Labute approximate surface area is 183 Å². The van der Waals surface area contributed by atoms with E-state index in [1.165, 1.54) is 31.6 Å². The first-order valence-corrected chi connectivity index (χ1v) is 11.2. The summed E-state index contributed by atoms with van der Waals surface area (Å²) in [7, 11) is -2.50. The van der Waals surface area contributed by atoms with E-state index in [0.717, 1.165) is 14.3 Å². The van der Waals surface area contributed by atoms with Crippen LogP contribution in [-0.4, -0.2) is 33.0 Å². The van der Waals surface area contributed by atoms with Gasteiger partial charge in [-0.1, -0.05) is 15.9 Å². The van der Waals surface area contributed by atoms with E-state index in [1.807, 2.05) is 13.0 Å². The average Bonchev–Trinajstić information content (AvgIpc) is 2.75. The molecule has 0 aliphatic rings. The van der Waals surface area contributed by atoms with Crippen LogP contribution in [0.4, 0.5) is 11.4 Å². The van der Waals surface area contributed by atoms with Crippen LogP contribution in [0.3, 0.4) is 0 Å². The molecule has 0 spiro atoms. The molecule has 1 aromatic heterocycles.